The maximum absolute atomic E-state index is 13.6. The van der Waals surface area contributed by atoms with E-state index in [4.69, 9.17) is 11.6 Å². The quantitative estimate of drug-likeness (QED) is 0.847. The molecule has 0 aliphatic rings. The fourth-order valence-corrected chi connectivity index (χ4v) is 2.15. The van der Waals surface area contributed by atoms with Crippen LogP contribution < -0.4 is 10.6 Å². The van der Waals surface area contributed by atoms with Crippen LogP contribution in [0.25, 0.3) is 0 Å². The van der Waals surface area contributed by atoms with Gasteiger partial charge >= 0.3 is 0 Å². The Morgan fingerprint density at radius 2 is 1.87 bits per heavy atom. The van der Waals surface area contributed by atoms with Gasteiger partial charge in [-0.2, -0.15) is 0 Å². The summed E-state index contributed by atoms with van der Waals surface area (Å²) in [5, 5.41) is 5.56. The van der Waals surface area contributed by atoms with E-state index in [2.05, 4.69) is 10.6 Å². The monoisotopic (exact) mass is 334 g/mol. The van der Waals surface area contributed by atoms with Crippen LogP contribution >= 0.6 is 11.6 Å². The number of anilines is 2. The number of amides is 2. The normalized spacial score (nSPS) is 10.2. The molecule has 120 valence electrons. The molecule has 0 radical (unpaired) electrons. The summed E-state index contributed by atoms with van der Waals surface area (Å²) in [6, 6.07) is 10.4. The molecule has 2 N–H and O–H groups in total. The summed E-state index contributed by atoms with van der Waals surface area (Å²) in [4.78, 5) is 23.7. The van der Waals surface area contributed by atoms with Gasteiger partial charge in [0, 0.05) is 12.1 Å². The molecule has 4 nitrogen and oxygen atoms in total. The van der Waals surface area contributed by atoms with Crippen molar-refractivity contribution < 1.29 is 14.0 Å². The van der Waals surface area contributed by atoms with E-state index in [1.165, 1.54) is 24.3 Å². The summed E-state index contributed by atoms with van der Waals surface area (Å²) in [5.74, 6) is -1.35. The molecule has 2 amide bonds. The van der Waals surface area contributed by atoms with Gasteiger partial charge in [-0.05, 0) is 36.8 Å². The molecule has 0 saturated carbocycles. The Labute approximate surface area is 138 Å². The lowest BCUT2D eigenvalue weighted by Crippen LogP contribution is -2.15. The lowest BCUT2D eigenvalue weighted by Gasteiger charge is -2.11. The summed E-state index contributed by atoms with van der Waals surface area (Å²) in [5.41, 5.74) is 0.731. The summed E-state index contributed by atoms with van der Waals surface area (Å²) in [6.07, 6.45) is 1.13. The van der Waals surface area contributed by atoms with Crippen LogP contribution in [0.3, 0.4) is 0 Å². The average molecular weight is 335 g/mol. The van der Waals surface area contributed by atoms with E-state index < -0.39 is 11.7 Å². The maximum Gasteiger partial charge on any atom is 0.258 e. The number of carbonyl (C=O) groups excluding carboxylic acids is 2. The summed E-state index contributed by atoms with van der Waals surface area (Å²) < 4.78 is 13.6. The Hall–Kier alpha value is -2.40. The highest BCUT2D eigenvalue weighted by Gasteiger charge is 2.13. The second kappa shape index (κ2) is 7.74. The smallest absolute Gasteiger partial charge is 0.258 e. The number of nitrogens with one attached hydrogen (secondary N) is 2. The van der Waals surface area contributed by atoms with Crippen LogP contribution in [0.1, 0.15) is 30.1 Å². The third-order valence-corrected chi connectivity index (χ3v) is 3.42. The first-order valence-electron chi connectivity index (χ1n) is 7.16. The van der Waals surface area contributed by atoms with Gasteiger partial charge in [0.05, 0.1) is 16.3 Å². The highest BCUT2D eigenvalue weighted by atomic mass is 35.5. The number of benzene rings is 2. The van der Waals surface area contributed by atoms with Gasteiger partial charge in [0.2, 0.25) is 5.91 Å². The predicted molar refractivity (Wildman–Crippen MR) is 89.3 cm³/mol. The summed E-state index contributed by atoms with van der Waals surface area (Å²) in [7, 11) is 0. The molecular formula is C17H16ClFN2O2. The maximum atomic E-state index is 13.6. The molecule has 0 aliphatic heterocycles. The van der Waals surface area contributed by atoms with Crippen LogP contribution in [-0.4, -0.2) is 11.8 Å². The van der Waals surface area contributed by atoms with Gasteiger partial charge in [0.25, 0.3) is 5.91 Å². The minimum atomic E-state index is -0.617. The van der Waals surface area contributed by atoms with Gasteiger partial charge in [0.15, 0.2) is 0 Å². The Balaban J connectivity index is 2.17. The number of rotatable bonds is 5. The minimum absolute atomic E-state index is 0.0796. The standard InChI is InChI=1S/C17H16ClFN2O2/c1-2-5-16(22)20-11-8-9-13(18)15(10-11)21-17(23)12-6-3-4-7-14(12)19/h3-4,6-10H,2,5H2,1H3,(H,20,22)(H,21,23). The second-order valence-electron chi connectivity index (χ2n) is 4.93. The molecule has 6 heteroatoms. The Morgan fingerprint density at radius 3 is 2.57 bits per heavy atom. The zero-order valence-corrected chi connectivity index (χ0v) is 13.3. The second-order valence-corrected chi connectivity index (χ2v) is 5.33. The lowest BCUT2D eigenvalue weighted by atomic mass is 10.2. The molecule has 0 spiro atoms. The van der Waals surface area contributed by atoms with E-state index in [9.17, 15) is 14.0 Å². The molecule has 2 rings (SSSR count). The van der Waals surface area contributed by atoms with Gasteiger partial charge in [-0.1, -0.05) is 30.7 Å². The van der Waals surface area contributed by atoms with E-state index in [-0.39, 0.29) is 11.5 Å². The van der Waals surface area contributed by atoms with Gasteiger partial charge in [-0.15, -0.1) is 0 Å². The molecule has 0 bridgehead atoms. The lowest BCUT2D eigenvalue weighted by molar-refractivity contribution is -0.116. The van der Waals surface area contributed by atoms with E-state index in [1.54, 1.807) is 18.2 Å². The van der Waals surface area contributed by atoms with Crippen LogP contribution in [0, 0.1) is 5.82 Å². The molecule has 0 saturated heterocycles. The van der Waals surface area contributed by atoms with Crippen molar-refractivity contribution in [3.63, 3.8) is 0 Å². The molecule has 0 heterocycles. The van der Waals surface area contributed by atoms with Crippen molar-refractivity contribution in [2.24, 2.45) is 0 Å². The fraction of sp³-hybridized carbons (Fsp3) is 0.176. The van der Waals surface area contributed by atoms with Crippen molar-refractivity contribution in [3.8, 4) is 0 Å². The molecule has 0 atom stereocenters. The highest BCUT2D eigenvalue weighted by molar-refractivity contribution is 6.34. The van der Waals surface area contributed by atoms with E-state index >= 15 is 0 Å². The van der Waals surface area contributed by atoms with Crippen LogP contribution in [0.4, 0.5) is 15.8 Å². The Kier molecular flexibility index (Phi) is 5.71. The first-order valence-corrected chi connectivity index (χ1v) is 7.54. The van der Waals surface area contributed by atoms with Crippen LogP contribution in [0.2, 0.25) is 5.02 Å². The van der Waals surface area contributed by atoms with E-state index in [0.717, 1.165) is 6.42 Å². The zero-order valence-electron chi connectivity index (χ0n) is 12.5. The number of carbonyl (C=O) groups is 2. The molecular weight excluding hydrogens is 319 g/mol. The van der Waals surface area contributed by atoms with Gasteiger partial charge < -0.3 is 10.6 Å². The van der Waals surface area contributed by atoms with Crippen LogP contribution in [0.15, 0.2) is 42.5 Å². The number of halogens is 2. The van der Waals surface area contributed by atoms with Crippen molar-refractivity contribution in [1.82, 2.24) is 0 Å². The highest BCUT2D eigenvalue weighted by Crippen LogP contribution is 2.26. The van der Waals surface area contributed by atoms with Crippen LogP contribution in [0.5, 0.6) is 0 Å². The molecule has 0 aromatic heterocycles. The zero-order chi connectivity index (χ0) is 16.8. The predicted octanol–water partition coefficient (Wildman–Crippen LogP) is 4.47. The molecule has 0 fully saturated rings. The van der Waals surface area contributed by atoms with Crippen molar-refractivity contribution in [3.05, 3.63) is 58.9 Å². The van der Waals surface area contributed by atoms with Gasteiger partial charge in [-0.3, -0.25) is 9.59 Å². The topological polar surface area (TPSA) is 58.2 Å². The summed E-state index contributed by atoms with van der Waals surface area (Å²) >= 11 is 6.04. The third-order valence-electron chi connectivity index (χ3n) is 3.09. The third kappa shape index (κ3) is 4.53. The average Bonchev–Trinajstić information content (AvgIpc) is 2.51. The Morgan fingerprint density at radius 1 is 1.13 bits per heavy atom. The first-order chi connectivity index (χ1) is 11.0. The minimum Gasteiger partial charge on any atom is -0.326 e. The van der Waals surface area contributed by atoms with Crippen molar-refractivity contribution in [2.45, 2.75) is 19.8 Å². The Bertz CT molecular complexity index is 734. The van der Waals surface area contributed by atoms with Crippen LogP contribution in [-0.2, 0) is 4.79 Å². The van der Waals surface area contributed by atoms with Gasteiger partial charge in [0.1, 0.15) is 5.82 Å². The number of hydrogen-bond acceptors (Lipinski definition) is 2. The molecule has 0 aliphatic carbocycles. The van der Waals surface area contributed by atoms with E-state index in [0.29, 0.717) is 22.8 Å². The molecule has 2 aromatic rings. The van der Waals surface area contributed by atoms with Crippen molar-refractivity contribution in [2.75, 3.05) is 10.6 Å². The molecule has 2 aromatic carbocycles. The first kappa shape index (κ1) is 17.0. The largest absolute Gasteiger partial charge is 0.326 e. The van der Waals surface area contributed by atoms with Crippen molar-refractivity contribution in [1.29, 1.82) is 0 Å². The molecule has 0 unspecified atom stereocenters. The van der Waals surface area contributed by atoms with E-state index in [1.807, 2.05) is 6.92 Å². The molecule has 23 heavy (non-hydrogen) atoms. The SMILES string of the molecule is CCCC(=O)Nc1ccc(Cl)c(NC(=O)c2ccccc2F)c1. The van der Waals surface area contributed by atoms with Crippen molar-refractivity contribution >= 4 is 34.8 Å². The number of hydrogen-bond donors (Lipinski definition) is 2. The fourth-order valence-electron chi connectivity index (χ4n) is 1.98. The van der Waals surface area contributed by atoms with Gasteiger partial charge in [-0.25, -0.2) is 4.39 Å². The summed E-state index contributed by atoms with van der Waals surface area (Å²) in [6.45, 7) is 1.90.